The summed E-state index contributed by atoms with van der Waals surface area (Å²) in [6, 6.07) is 13.9. The van der Waals surface area contributed by atoms with Crippen LogP contribution in [0, 0.1) is 0 Å². The highest BCUT2D eigenvalue weighted by molar-refractivity contribution is 6.63. The van der Waals surface area contributed by atoms with E-state index in [1.54, 1.807) is 0 Å². The van der Waals surface area contributed by atoms with Gasteiger partial charge in [0.05, 0.1) is 16.8 Å². The molecule has 0 spiro atoms. The lowest BCUT2D eigenvalue weighted by atomic mass is 9.72. The molecule has 192 valence electrons. The molecule has 1 amide bonds. The highest BCUT2D eigenvalue weighted by Gasteiger charge is 2.53. The predicted octanol–water partition coefficient (Wildman–Crippen LogP) is 6.20. The Bertz CT molecular complexity index is 1100. The number of nitrogens with one attached hydrogen (secondary N) is 1. The van der Waals surface area contributed by atoms with Crippen molar-refractivity contribution in [2.24, 2.45) is 0 Å². The molecule has 1 heterocycles. The number of anilines is 1. The van der Waals surface area contributed by atoms with Crippen LogP contribution < -0.4 is 10.8 Å². The van der Waals surface area contributed by atoms with Crippen molar-refractivity contribution in [2.45, 2.75) is 103 Å². The van der Waals surface area contributed by atoms with Crippen LogP contribution in [0.1, 0.15) is 103 Å². The van der Waals surface area contributed by atoms with Crippen LogP contribution in [0.4, 0.5) is 5.69 Å². The monoisotopic (exact) mass is 505 g/mol. The summed E-state index contributed by atoms with van der Waals surface area (Å²) in [5.74, 6) is 0.519. The molecule has 2 aromatic carbocycles. The van der Waals surface area contributed by atoms with Gasteiger partial charge >= 0.3 is 7.12 Å². The average Bonchev–Trinajstić information content (AvgIpc) is 3.59. The van der Waals surface area contributed by atoms with Gasteiger partial charge in [0, 0.05) is 16.8 Å². The SMILES string of the molecule is CC(C)(C)[Si]OC(C)(C)c1c(NC(=O)c2ccc(C3CC3)cc2)cccc1B1OC(C)(C)C(C)(C)O1. The molecule has 1 aliphatic carbocycles. The number of rotatable bonds is 7. The summed E-state index contributed by atoms with van der Waals surface area (Å²) in [6.07, 6.45) is 2.48. The minimum Gasteiger partial charge on any atom is -0.408 e. The Morgan fingerprint density at radius 3 is 2.08 bits per heavy atom. The Morgan fingerprint density at radius 2 is 1.56 bits per heavy atom. The number of amides is 1. The Hall–Kier alpha value is -1.93. The van der Waals surface area contributed by atoms with E-state index in [0.717, 1.165) is 11.0 Å². The lowest BCUT2D eigenvalue weighted by Gasteiger charge is -2.33. The zero-order valence-electron chi connectivity index (χ0n) is 23.2. The van der Waals surface area contributed by atoms with Crippen molar-refractivity contribution >= 4 is 33.9 Å². The Balaban J connectivity index is 1.70. The van der Waals surface area contributed by atoms with Crippen molar-refractivity contribution < 1.29 is 18.5 Å². The summed E-state index contributed by atoms with van der Waals surface area (Å²) in [5, 5.41) is 3.19. The fraction of sp³-hybridized carbons (Fsp3) is 0.552. The van der Waals surface area contributed by atoms with Crippen molar-refractivity contribution in [3.8, 4) is 0 Å². The Kier molecular flexibility index (Phi) is 7.10. The van der Waals surface area contributed by atoms with Crippen LogP contribution in [0.2, 0.25) is 5.04 Å². The predicted molar refractivity (Wildman–Crippen MR) is 148 cm³/mol. The zero-order chi connectivity index (χ0) is 26.5. The highest BCUT2D eigenvalue weighted by atomic mass is 28.2. The first-order valence-electron chi connectivity index (χ1n) is 13.0. The van der Waals surface area contributed by atoms with E-state index in [1.807, 2.05) is 58.0 Å². The van der Waals surface area contributed by atoms with Gasteiger partial charge in [0.1, 0.15) is 0 Å². The maximum Gasteiger partial charge on any atom is 0.495 e. The molecule has 7 heteroatoms. The number of carbonyl (C=O) groups is 1. The lowest BCUT2D eigenvalue weighted by Crippen LogP contribution is -2.43. The van der Waals surface area contributed by atoms with Gasteiger partial charge in [0.2, 0.25) is 9.76 Å². The van der Waals surface area contributed by atoms with Crippen LogP contribution in [0.15, 0.2) is 42.5 Å². The first-order valence-corrected chi connectivity index (χ1v) is 13.9. The number of hydrogen-bond acceptors (Lipinski definition) is 4. The summed E-state index contributed by atoms with van der Waals surface area (Å²) in [4.78, 5) is 13.3. The van der Waals surface area contributed by atoms with Crippen molar-refractivity contribution in [2.75, 3.05) is 5.32 Å². The Labute approximate surface area is 219 Å². The third kappa shape index (κ3) is 5.80. The fourth-order valence-corrected chi connectivity index (χ4v) is 5.03. The average molecular weight is 506 g/mol. The van der Waals surface area contributed by atoms with Gasteiger partial charge in [-0.15, -0.1) is 0 Å². The second-order valence-corrected chi connectivity index (χ2v) is 14.6. The molecule has 0 atom stereocenters. The van der Waals surface area contributed by atoms with Crippen molar-refractivity contribution in [1.29, 1.82) is 0 Å². The van der Waals surface area contributed by atoms with E-state index in [2.05, 4.69) is 52.1 Å². The molecule has 1 aliphatic heterocycles. The summed E-state index contributed by atoms with van der Waals surface area (Å²) in [5.41, 5.74) is 2.77. The van der Waals surface area contributed by atoms with Crippen LogP contribution in [0.25, 0.3) is 0 Å². The second-order valence-electron chi connectivity index (χ2n) is 12.7. The molecule has 0 unspecified atom stereocenters. The molecule has 2 aliphatic rings. The summed E-state index contributed by atoms with van der Waals surface area (Å²) < 4.78 is 19.4. The topological polar surface area (TPSA) is 56.8 Å². The van der Waals surface area contributed by atoms with E-state index < -0.39 is 23.9 Å². The largest absolute Gasteiger partial charge is 0.495 e. The maximum atomic E-state index is 13.3. The lowest BCUT2D eigenvalue weighted by molar-refractivity contribution is 0.00578. The van der Waals surface area contributed by atoms with Gasteiger partial charge in [0.25, 0.3) is 5.91 Å². The first kappa shape index (κ1) is 27.1. The summed E-state index contributed by atoms with van der Waals surface area (Å²) >= 11 is 0. The van der Waals surface area contributed by atoms with E-state index >= 15 is 0 Å². The van der Waals surface area contributed by atoms with Gasteiger partial charge in [0.15, 0.2) is 0 Å². The normalized spacial score (nSPS) is 19.4. The summed E-state index contributed by atoms with van der Waals surface area (Å²) in [7, 11) is -0.293. The van der Waals surface area contributed by atoms with Gasteiger partial charge in [-0.1, -0.05) is 45.0 Å². The smallest absolute Gasteiger partial charge is 0.408 e. The summed E-state index contributed by atoms with van der Waals surface area (Å²) in [6.45, 7) is 18.8. The number of benzene rings is 2. The highest BCUT2D eigenvalue weighted by Crippen LogP contribution is 2.41. The quantitative estimate of drug-likeness (QED) is 0.455. The Morgan fingerprint density at radius 1 is 0.972 bits per heavy atom. The van der Waals surface area contributed by atoms with Crippen LogP contribution >= 0.6 is 0 Å². The molecular formula is C29H40BNO4Si. The van der Waals surface area contributed by atoms with Crippen molar-refractivity contribution in [3.05, 3.63) is 59.2 Å². The molecule has 5 nitrogen and oxygen atoms in total. The van der Waals surface area contributed by atoms with Gasteiger partial charge in [-0.3, -0.25) is 4.79 Å². The minimum atomic E-state index is -0.690. The standard InChI is InChI=1S/C29H40BNO4Si/c1-26(2,3)36-35-27(4,5)24-22(30-33-28(6,7)29(8,9)34-30)11-10-12-23(24)31-25(32)21-17-15-20(16-18-21)19-13-14-19/h10-12,15-19H,13-14H2,1-9H3,(H,31,32). The third-order valence-electron chi connectivity index (χ3n) is 7.29. The molecule has 4 rings (SSSR count). The maximum absolute atomic E-state index is 13.3. The van der Waals surface area contributed by atoms with E-state index in [4.69, 9.17) is 13.7 Å². The van der Waals surface area contributed by atoms with Crippen LogP contribution in [0.3, 0.4) is 0 Å². The third-order valence-corrected chi connectivity index (χ3v) is 8.51. The van der Waals surface area contributed by atoms with Gasteiger partial charge in [-0.2, -0.15) is 0 Å². The molecule has 2 radical (unpaired) electrons. The van der Waals surface area contributed by atoms with Crippen LogP contribution in [-0.2, 0) is 19.3 Å². The fourth-order valence-electron chi connectivity index (χ4n) is 4.36. The molecule has 1 saturated heterocycles. The second kappa shape index (κ2) is 9.43. The van der Waals surface area contributed by atoms with E-state index in [9.17, 15) is 4.79 Å². The molecular weight excluding hydrogens is 465 g/mol. The van der Waals surface area contributed by atoms with Gasteiger partial charge < -0.3 is 19.1 Å². The van der Waals surface area contributed by atoms with E-state index in [-0.39, 0.29) is 20.7 Å². The first-order chi connectivity index (χ1) is 16.6. The molecule has 0 bridgehead atoms. The van der Waals surface area contributed by atoms with E-state index in [1.165, 1.54) is 18.4 Å². The van der Waals surface area contributed by atoms with Gasteiger partial charge in [-0.25, -0.2) is 0 Å². The number of hydrogen-bond donors (Lipinski definition) is 1. The van der Waals surface area contributed by atoms with Crippen LogP contribution in [0.5, 0.6) is 0 Å². The number of carbonyl (C=O) groups excluding carboxylic acids is 1. The molecule has 1 N–H and O–H groups in total. The van der Waals surface area contributed by atoms with Crippen molar-refractivity contribution in [3.63, 3.8) is 0 Å². The molecule has 36 heavy (non-hydrogen) atoms. The van der Waals surface area contributed by atoms with Gasteiger partial charge in [-0.05, 0) is 94.6 Å². The zero-order valence-corrected chi connectivity index (χ0v) is 24.2. The molecule has 2 fully saturated rings. The van der Waals surface area contributed by atoms with Crippen molar-refractivity contribution in [1.82, 2.24) is 0 Å². The van der Waals surface area contributed by atoms with E-state index in [0.29, 0.717) is 17.2 Å². The molecule has 2 aromatic rings. The minimum absolute atomic E-state index is 0.0171. The molecule has 1 saturated carbocycles. The van der Waals surface area contributed by atoms with Crippen LogP contribution in [-0.4, -0.2) is 34.0 Å². The molecule has 0 aromatic heterocycles.